The summed E-state index contributed by atoms with van der Waals surface area (Å²) in [5.41, 5.74) is 1.20. The fourth-order valence-corrected chi connectivity index (χ4v) is 4.27. The lowest BCUT2D eigenvalue weighted by atomic mass is 9.98. The number of benzene rings is 4. The molecule has 0 aliphatic carbocycles. The minimum absolute atomic E-state index is 0.0473. The van der Waals surface area contributed by atoms with Gasteiger partial charge in [0.2, 0.25) is 0 Å². The molecule has 4 aromatic rings. The Bertz CT molecular complexity index is 1460. The fourth-order valence-electron chi connectivity index (χ4n) is 4.27. The van der Waals surface area contributed by atoms with Crippen LogP contribution in [-0.2, 0) is 12.8 Å². The topological polar surface area (TPSA) is 18.5 Å². The molecular formula is C31H24F8O2. The molecule has 0 aliphatic heterocycles. The standard InChI is InChI=1S/C31H24F8O2/c1-2-3-19-4-6-20(7-5-19)14-15-30(35,36)40-24-11-8-21(9-12-24)23-17-26(33)29(27(34)18-23)22-10-13-28(25(32)16-22)41-31(37,38)39/h4-13,16-18H,2-3,14-15H2,1H3. The van der Waals surface area contributed by atoms with Gasteiger partial charge in [-0.25, -0.2) is 13.2 Å². The molecule has 0 fully saturated rings. The second kappa shape index (κ2) is 12.2. The summed E-state index contributed by atoms with van der Waals surface area (Å²) in [4.78, 5) is 0. The molecule has 10 heteroatoms. The predicted octanol–water partition coefficient (Wildman–Crippen LogP) is 9.89. The highest BCUT2D eigenvalue weighted by Crippen LogP contribution is 2.35. The highest BCUT2D eigenvalue weighted by Gasteiger charge is 2.33. The molecule has 0 radical (unpaired) electrons. The van der Waals surface area contributed by atoms with E-state index in [1.807, 2.05) is 24.3 Å². The van der Waals surface area contributed by atoms with E-state index in [-0.39, 0.29) is 28.9 Å². The molecule has 41 heavy (non-hydrogen) atoms. The quantitative estimate of drug-likeness (QED) is 0.174. The summed E-state index contributed by atoms with van der Waals surface area (Å²) in [7, 11) is 0. The van der Waals surface area contributed by atoms with Crippen LogP contribution in [0.5, 0.6) is 11.5 Å². The van der Waals surface area contributed by atoms with Crippen molar-refractivity contribution in [2.24, 2.45) is 0 Å². The van der Waals surface area contributed by atoms with Crippen LogP contribution >= 0.6 is 0 Å². The van der Waals surface area contributed by atoms with Gasteiger partial charge in [-0.1, -0.05) is 55.8 Å². The summed E-state index contributed by atoms with van der Waals surface area (Å²) in [6, 6.07) is 16.5. The third kappa shape index (κ3) is 7.99. The van der Waals surface area contributed by atoms with Crippen LogP contribution in [0.1, 0.15) is 30.9 Å². The molecular weight excluding hydrogens is 556 g/mol. The summed E-state index contributed by atoms with van der Waals surface area (Å²) in [5, 5.41) is 0. The third-order valence-electron chi connectivity index (χ3n) is 6.21. The van der Waals surface area contributed by atoms with E-state index in [0.29, 0.717) is 12.1 Å². The minimum atomic E-state index is -5.14. The lowest BCUT2D eigenvalue weighted by Gasteiger charge is -2.18. The molecule has 0 spiro atoms. The van der Waals surface area contributed by atoms with Crippen molar-refractivity contribution in [1.82, 2.24) is 0 Å². The molecule has 216 valence electrons. The monoisotopic (exact) mass is 580 g/mol. The van der Waals surface area contributed by atoms with Gasteiger partial charge in [-0.2, -0.15) is 8.78 Å². The van der Waals surface area contributed by atoms with Crippen molar-refractivity contribution < 1.29 is 44.6 Å². The van der Waals surface area contributed by atoms with E-state index in [4.69, 9.17) is 4.74 Å². The molecule has 0 atom stereocenters. The summed E-state index contributed by atoms with van der Waals surface area (Å²) < 4.78 is 118. The average Bonchev–Trinajstić information content (AvgIpc) is 2.89. The molecule has 0 aromatic heterocycles. The molecule has 2 nitrogen and oxygen atoms in total. The Morgan fingerprint density at radius 2 is 1.12 bits per heavy atom. The maximum absolute atomic E-state index is 14.9. The zero-order chi connectivity index (χ0) is 29.8. The number of aryl methyl sites for hydroxylation is 2. The molecule has 0 saturated heterocycles. The van der Waals surface area contributed by atoms with Gasteiger partial charge < -0.3 is 9.47 Å². The first-order valence-corrected chi connectivity index (χ1v) is 12.6. The van der Waals surface area contributed by atoms with Crippen LogP contribution in [0.25, 0.3) is 22.3 Å². The van der Waals surface area contributed by atoms with E-state index in [9.17, 15) is 35.1 Å². The van der Waals surface area contributed by atoms with Gasteiger partial charge in [0.25, 0.3) is 0 Å². The van der Waals surface area contributed by atoms with Crippen molar-refractivity contribution in [1.29, 1.82) is 0 Å². The zero-order valence-corrected chi connectivity index (χ0v) is 21.7. The normalized spacial score (nSPS) is 11.9. The molecule has 0 N–H and O–H groups in total. The van der Waals surface area contributed by atoms with Crippen molar-refractivity contribution in [2.75, 3.05) is 0 Å². The van der Waals surface area contributed by atoms with Crippen LogP contribution in [-0.4, -0.2) is 12.5 Å². The first-order chi connectivity index (χ1) is 19.3. The molecule has 0 bridgehead atoms. The first kappa shape index (κ1) is 29.9. The smallest absolute Gasteiger partial charge is 0.433 e. The molecule has 4 aromatic carbocycles. The second-order valence-corrected chi connectivity index (χ2v) is 9.34. The molecule has 4 rings (SSSR count). The molecule has 0 saturated carbocycles. The predicted molar refractivity (Wildman–Crippen MR) is 138 cm³/mol. The van der Waals surface area contributed by atoms with Crippen molar-refractivity contribution in [3.05, 3.63) is 107 Å². The molecule has 0 amide bonds. The van der Waals surface area contributed by atoms with Crippen LogP contribution in [0.2, 0.25) is 0 Å². The Kier molecular flexibility index (Phi) is 8.89. The summed E-state index contributed by atoms with van der Waals surface area (Å²) in [5.74, 6) is -4.98. The van der Waals surface area contributed by atoms with Crippen molar-refractivity contribution in [2.45, 2.75) is 45.1 Å². The van der Waals surface area contributed by atoms with Crippen molar-refractivity contribution in [3.8, 4) is 33.8 Å². The fraction of sp³-hybridized carbons (Fsp3) is 0.226. The molecule has 0 aliphatic rings. The minimum Gasteiger partial charge on any atom is -0.433 e. The van der Waals surface area contributed by atoms with Gasteiger partial charge in [0.15, 0.2) is 11.6 Å². The Hall–Kier alpha value is -4.08. The van der Waals surface area contributed by atoms with Crippen molar-refractivity contribution >= 4 is 0 Å². The number of alkyl halides is 5. The Labute approximate surface area is 231 Å². The van der Waals surface area contributed by atoms with Crippen LogP contribution in [0, 0.1) is 17.5 Å². The van der Waals surface area contributed by atoms with Crippen LogP contribution in [0.15, 0.2) is 78.9 Å². The van der Waals surface area contributed by atoms with Crippen LogP contribution in [0.4, 0.5) is 35.1 Å². The number of hydrogen-bond acceptors (Lipinski definition) is 2. The molecule has 0 unspecified atom stereocenters. The number of hydrogen-bond donors (Lipinski definition) is 0. The van der Waals surface area contributed by atoms with E-state index in [2.05, 4.69) is 11.7 Å². The Morgan fingerprint density at radius 1 is 0.585 bits per heavy atom. The first-order valence-electron chi connectivity index (χ1n) is 12.6. The van der Waals surface area contributed by atoms with Gasteiger partial charge >= 0.3 is 12.5 Å². The molecule has 0 heterocycles. The third-order valence-corrected chi connectivity index (χ3v) is 6.21. The Balaban J connectivity index is 1.44. The largest absolute Gasteiger partial charge is 0.573 e. The number of halogens is 8. The number of rotatable bonds is 10. The lowest BCUT2D eigenvalue weighted by Crippen LogP contribution is -2.25. The van der Waals surface area contributed by atoms with Crippen LogP contribution in [0.3, 0.4) is 0 Å². The van der Waals surface area contributed by atoms with Gasteiger partial charge in [0.05, 0.1) is 12.0 Å². The van der Waals surface area contributed by atoms with E-state index in [1.54, 1.807) is 0 Å². The SMILES string of the molecule is CCCc1ccc(CCC(F)(F)Oc2ccc(-c3cc(F)c(-c4ccc(OC(F)(F)F)c(F)c4)c(F)c3)cc2)cc1. The maximum atomic E-state index is 14.9. The van der Waals surface area contributed by atoms with E-state index in [0.717, 1.165) is 42.2 Å². The van der Waals surface area contributed by atoms with Crippen molar-refractivity contribution in [3.63, 3.8) is 0 Å². The van der Waals surface area contributed by atoms with E-state index >= 15 is 0 Å². The maximum Gasteiger partial charge on any atom is 0.573 e. The van der Waals surface area contributed by atoms with Gasteiger partial charge in [-0.15, -0.1) is 13.2 Å². The lowest BCUT2D eigenvalue weighted by molar-refractivity contribution is -0.275. The van der Waals surface area contributed by atoms with Crippen LogP contribution < -0.4 is 9.47 Å². The summed E-state index contributed by atoms with van der Waals surface area (Å²) in [6.45, 7) is 2.06. The summed E-state index contributed by atoms with van der Waals surface area (Å²) in [6.07, 6.45) is -7.15. The summed E-state index contributed by atoms with van der Waals surface area (Å²) >= 11 is 0. The highest BCUT2D eigenvalue weighted by molar-refractivity contribution is 5.72. The van der Waals surface area contributed by atoms with E-state index in [1.165, 1.54) is 24.3 Å². The van der Waals surface area contributed by atoms with Gasteiger partial charge in [0, 0.05) is 0 Å². The van der Waals surface area contributed by atoms with Gasteiger partial charge in [-0.05, 0) is 77.1 Å². The van der Waals surface area contributed by atoms with Gasteiger partial charge in [0.1, 0.15) is 17.4 Å². The number of ether oxygens (including phenoxy) is 2. The second-order valence-electron chi connectivity index (χ2n) is 9.34. The average molecular weight is 581 g/mol. The Morgan fingerprint density at radius 3 is 1.66 bits per heavy atom. The van der Waals surface area contributed by atoms with E-state index < -0.39 is 47.7 Å². The highest BCUT2D eigenvalue weighted by atomic mass is 19.4. The van der Waals surface area contributed by atoms with Gasteiger partial charge in [-0.3, -0.25) is 0 Å². The zero-order valence-electron chi connectivity index (χ0n) is 21.7.